The van der Waals surface area contributed by atoms with E-state index in [9.17, 15) is 0 Å². The monoisotopic (exact) mass is 333 g/mol. The van der Waals surface area contributed by atoms with E-state index < -0.39 is 0 Å². The Balaban J connectivity index is 2.38. The van der Waals surface area contributed by atoms with Crippen molar-refractivity contribution in [2.24, 2.45) is 5.73 Å². The molecule has 0 amide bonds. The molecule has 2 unspecified atom stereocenters. The number of rotatable bonds is 5. The van der Waals surface area contributed by atoms with Crippen LogP contribution < -0.4 is 10.5 Å². The first-order chi connectivity index (χ1) is 9.67. The van der Waals surface area contributed by atoms with Crippen LogP contribution in [0.3, 0.4) is 0 Å². The molecule has 2 nitrogen and oxygen atoms in total. The first-order valence-electron chi connectivity index (χ1n) is 6.81. The number of hydrogen-bond acceptors (Lipinski definition) is 2. The molecule has 0 aliphatic heterocycles. The molecular weight excluding hydrogens is 314 g/mol. The van der Waals surface area contributed by atoms with Crippen molar-refractivity contribution >= 4 is 15.9 Å². The van der Waals surface area contributed by atoms with E-state index in [4.69, 9.17) is 10.5 Å². The van der Waals surface area contributed by atoms with Crippen LogP contribution in [0.25, 0.3) is 0 Å². The quantitative estimate of drug-likeness (QED) is 0.864. The highest BCUT2D eigenvalue weighted by molar-refractivity contribution is 9.10. The summed E-state index contributed by atoms with van der Waals surface area (Å²) in [6.45, 7) is 2.17. The maximum Gasteiger partial charge on any atom is 0.123 e. The standard InChI is InChI=1S/C17H20BrNO/c1-3-14(12-7-5-4-6-8-12)17(19)15-11-13(18)9-10-16(15)20-2/h4-11,14,17H,3,19H2,1-2H3. The smallest absolute Gasteiger partial charge is 0.123 e. The number of hydrogen-bond donors (Lipinski definition) is 1. The molecule has 0 aromatic heterocycles. The van der Waals surface area contributed by atoms with Crippen molar-refractivity contribution in [1.82, 2.24) is 0 Å². The minimum atomic E-state index is -0.0881. The van der Waals surface area contributed by atoms with Gasteiger partial charge in [0.1, 0.15) is 5.75 Å². The van der Waals surface area contributed by atoms with E-state index in [0.29, 0.717) is 0 Å². The number of ether oxygens (including phenoxy) is 1. The summed E-state index contributed by atoms with van der Waals surface area (Å²) in [5.41, 5.74) is 8.83. The van der Waals surface area contributed by atoms with Gasteiger partial charge in [-0.3, -0.25) is 0 Å². The van der Waals surface area contributed by atoms with Crippen LogP contribution in [0.4, 0.5) is 0 Å². The van der Waals surface area contributed by atoms with Crippen LogP contribution in [0.15, 0.2) is 53.0 Å². The number of halogens is 1. The molecule has 0 saturated carbocycles. The van der Waals surface area contributed by atoms with E-state index in [0.717, 1.165) is 22.2 Å². The molecule has 20 heavy (non-hydrogen) atoms. The Hall–Kier alpha value is -1.32. The Morgan fingerprint density at radius 1 is 1.15 bits per heavy atom. The van der Waals surface area contributed by atoms with Gasteiger partial charge in [-0.25, -0.2) is 0 Å². The van der Waals surface area contributed by atoms with Gasteiger partial charge in [-0.15, -0.1) is 0 Å². The molecule has 2 rings (SSSR count). The van der Waals surface area contributed by atoms with Crippen molar-refractivity contribution < 1.29 is 4.74 Å². The minimum absolute atomic E-state index is 0.0881. The summed E-state index contributed by atoms with van der Waals surface area (Å²) in [5.74, 6) is 1.12. The maximum absolute atomic E-state index is 6.53. The summed E-state index contributed by atoms with van der Waals surface area (Å²) in [7, 11) is 1.68. The van der Waals surface area contributed by atoms with Crippen LogP contribution >= 0.6 is 15.9 Å². The maximum atomic E-state index is 6.53. The third-order valence-corrected chi connectivity index (χ3v) is 4.15. The summed E-state index contributed by atoms with van der Waals surface area (Å²) < 4.78 is 6.47. The van der Waals surface area contributed by atoms with Gasteiger partial charge in [0.25, 0.3) is 0 Å². The van der Waals surface area contributed by atoms with Crippen LogP contribution in [-0.2, 0) is 0 Å². The lowest BCUT2D eigenvalue weighted by Crippen LogP contribution is -2.20. The Morgan fingerprint density at radius 2 is 1.85 bits per heavy atom. The molecule has 0 spiro atoms. The molecule has 2 atom stereocenters. The minimum Gasteiger partial charge on any atom is -0.496 e. The first-order valence-corrected chi connectivity index (χ1v) is 7.60. The summed E-state index contributed by atoms with van der Waals surface area (Å²) in [4.78, 5) is 0. The summed E-state index contributed by atoms with van der Waals surface area (Å²) >= 11 is 3.51. The average Bonchev–Trinajstić information content (AvgIpc) is 2.49. The van der Waals surface area contributed by atoms with Crippen molar-refractivity contribution in [3.05, 3.63) is 64.1 Å². The number of benzene rings is 2. The van der Waals surface area contributed by atoms with Crippen molar-refractivity contribution in [3.8, 4) is 5.75 Å². The summed E-state index contributed by atoms with van der Waals surface area (Å²) in [5, 5.41) is 0. The van der Waals surface area contributed by atoms with Gasteiger partial charge in [0.2, 0.25) is 0 Å². The van der Waals surface area contributed by atoms with Crippen LogP contribution in [-0.4, -0.2) is 7.11 Å². The molecule has 0 bridgehead atoms. The lowest BCUT2D eigenvalue weighted by Gasteiger charge is -2.25. The molecule has 2 aromatic rings. The van der Waals surface area contributed by atoms with Crippen molar-refractivity contribution in [2.45, 2.75) is 25.3 Å². The predicted molar refractivity (Wildman–Crippen MR) is 87.1 cm³/mol. The van der Waals surface area contributed by atoms with Crippen LogP contribution in [0.2, 0.25) is 0 Å². The van der Waals surface area contributed by atoms with Gasteiger partial charge in [-0.05, 0) is 30.2 Å². The zero-order valence-electron chi connectivity index (χ0n) is 11.8. The fourth-order valence-electron chi connectivity index (χ4n) is 2.58. The Bertz CT molecular complexity index is 556. The number of nitrogens with two attached hydrogens (primary N) is 1. The van der Waals surface area contributed by atoms with Gasteiger partial charge in [0.15, 0.2) is 0 Å². The third-order valence-electron chi connectivity index (χ3n) is 3.65. The molecule has 3 heteroatoms. The predicted octanol–water partition coefficient (Wildman–Crippen LogP) is 4.65. The molecule has 0 heterocycles. The summed E-state index contributed by atoms with van der Waals surface area (Å²) in [6.07, 6.45) is 0.987. The summed E-state index contributed by atoms with van der Waals surface area (Å²) in [6, 6.07) is 16.3. The third kappa shape index (κ3) is 3.22. The highest BCUT2D eigenvalue weighted by Crippen LogP contribution is 2.37. The van der Waals surface area contributed by atoms with Gasteiger partial charge in [-0.2, -0.15) is 0 Å². The first kappa shape index (κ1) is 15.1. The van der Waals surface area contributed by atoms with Crippen LogP contribution in [0, 0.1) is 0 Å². The topological polar surface area (TPSA) is 35.2 Å². The van der Waals surface area contributed by atoms with Crippen LogP contribution in [0.5, 0.6) is 5.75 Å². The van der Waals surface area contributed by atoms with E-state index in [2.05, 4.69) is 53.2 Å². The Kier molecular flexibility index (Phi) is 5.21. The Labute approximate surface area is 129 Å². The van der Waals surface area contributed by atoms with Gasteiger partial charge in [-0.1, -0.05) is 53.2 Å². The van der Waals surface area contributed by atoms with E-state index in [1.807, 2.05) is 18.2 Å². The molecule has 0 aliphatic carbocycles. The van der Waals surface area contributed by atoms with Gasteiger partial charge < -0.3 is 10.5 Å². The average molecular weight is 334 g/mol. The largest absolute Gasteiger partial charge is 0.496 e. The lowest BCUT2D eigenvalue weighted by atomic mass is 9.85. The molecule has 0 fully saturated rings. The second kappa shape index (κ2) is 6.91. The molecule has 0 aliphatic rings. The lowest BCUT2D eigenvalue weighted by molar-refractivity contribution is 0.399. The SMILES string of the molecule is CCC(c1ccccc1)C(N)c1cc(Br)ccc1OC. The highest BCUT2D eigenvalue weighted by atomic mass is 79.9. The fourth-order valence-corrected chi connectivity index (χ4v) is 2.96. The zero-order chi connectivity index (χ0) is 14.5. The van der Waals surface area contributed by atoms with Crippen molar-refractivity contribution in [2.75, 3.05) is 7.11 Å². The highest BCUT2D eigenvalue weighted by Gasteiger charge is 2.22. The van der Waals surface area contributed by atoms with Crippen molar-refractivity contribution in [3.63, 3.8) is 0 Å². The van der Waals surface area contributed by atoms with Gasteiger partial charge in [0.05, 0.1) is 7.11 Å². The number of methoxy groups -OCH3 is 1. The molecule has 0 saturated heterocycles. The molecule has 0 radical (unpaired) electrons. The van der Waals surface area contributed by atoms with E-state index in [1.54, 1.807) is 7.11 Å². The van der Waals surface area contributed by atoms with Gasteiger partial charge >= 0.3 is 0 Å². The second-order valence-electron chi connectivity index (χ2n) is 4.84. The molecule has 106 valence electrons. The van der Waals surface area contributed by atoms with Crippen molar-refractivity contribution in [1.29, 1.82) is 0 Å². The normalized spacial score (nSPS) is 13.8. The van der Waals surface area contributed by atoms with E-state index >= 15 is 0 Å². The second-order valence-corrected chi connectivity index (χ2v) is 5.75. The molecule has 2 N–H and O–H groups in total. The zero-order valence-corrected chi connectivity index (χ0v) is 13.4. The Morgan fingerprint density at radius 3 is 2.45 bits per heavy atom. The molecule has 2 aromatic carbocycles. The van der Waals surface area contributed by atoms with E-state index in [-0.39, 0.29) is 12.0 Å². The van der Waals surface area contributed by atoms with Crippen LogP contribution in [0.1, 0.15) is 36.4 Å². The molecular formula is C17H20BrNO. The van der Waals surface area contributed by atoms with E-state index in [1.165, 1.54) is 5.56 Å². The van der Waals surface area contributed by atoms with Gasteiger partial charge in [0, 0.05) is 22.0 Å². The fraction of sp³-hybridized carbons (Fsp3) is 0.294.